The number of anilines is 1. The first-order chi connectivity index (χ1) is 12.1. The highest BCUT2D eigenvalue weighted by Gasteiger charge is 2.15. The Morgan fingerprint density at radius 1 is 1.24 bits per heavy atom. The molecule has 25 heavy (non-hydrogen) atoms. The summed E-state index contributed by atoms with van der Waals surface area (Å²) in [5, 5.41) is 5.30. The Labute approximate surface area is 150 Å². The zero-order valence-corrected chi connectivity index (χ0v) is 15.2. The predicted molar refractivity (Wildman–Crippen MR) is 100 cm³/mol. The van der Waals surface area contributed by atoms with Crippen molar-refractivity contribution in [3.05, 3.63) is 58.6 Å². The summed E-state index contributed by atoms with van der Waals surface area (Å²) in [6.45, 7) is 6.46. The Balaban J connectivity index is 1.79. The van der Waals surface area contributed by atoms with Gasteiger partial charge in [-0.1, -0.05) is 12.1 Å². The molecule has 128 valence electrons. The molecule has 0 aliphatic rings. The Hall–Kier alpha value is -2.73. The van der Waals surface area contributed by atoms with Gasteiger partial charge in [0, 0.05) is 17.1 Å². The van der Waals surface area contributed by atoms with Gasteiger partial charge in [-0.15, -0.1) is 11.3 Å². The topological polar surface area (TPSA) is 64.1 Å². The fourth-order valence-corrected chi connectivity index (χ4v) is 3.06. The van der Waals surface area contributed by atoms with Crippen LogP contribution in [0.15, 0.2) is 41.9 Å². The SMILES string of the molecule is CCOc1ncccc1C(=O)Nc1nc(-c2ccc(C)c(C)c2)cs1. The lowest BCUT2D eigenvalue weighted by atomic mass is 10.1. The number of aryl methyl sites for hydroxylation is 2. The van der Waals surface area contributed by atoms with Gasteiger partial charge in [-0.2, -0.15) is 0 Å². The number of hydrogen-bond donors (Lipinski definition) is 1. The highest BCUT2D eigenvalue weighted by Crippen LogP contribution is 2.27. The highest BCUT2D eigenvalue weighted by molar-refractivity contribution is 7.14. The van der Waals surface area contributed by atoms with Gasteiger partial charge in [0.2, 0.25) is 5.88 Å². The van der Waals surface area contributed by atoms with Crippen molar-refractivity contribution in [2.24, 2.45) is 0 Å². The maximum absolute atomic E-state index is 12.5. The molecule has 1 amide bonds. The van der Waals surface area contributed by atoms with E-state index in [0.717, 1.165) is 11.3 Å². The summed E-state index contributed by atoms with van der Waals surface area (Å²) in [5.41, 5.74) is 4.74. The normalized spacial score (nSPS) is 10.5. The van der Waals surface area contributed by atoms with Crippen LogP contribution in [0.3, 0.4) is 0 Å². The number of ether oxygens (including phenoxy) is 1. The summed E-state index contributed by atoms with van der Waals surface area (Å²) < 4.78 is 5.41. The van der Waals surface area contributed by atoms with Crippen molar-refractivity contribution in [3.63, 3.8) is 0 Å². The van der Waals surface area contributed by atoms with Crippen LogP contribution in [0.5, 0.6) is 5.88 Å². The molecule has 5 nitrogen and oxygen atoms in total. The largest absolute Gasteiger partial charge is 0.477 e. The smallest absolute Gasteiger partial charge is 0.262 e. The first kappa shape index (κ1) is 17.1. The van der Waals surface area contributed by atoms with E-state index in [9.17, 15) is 4.79 Å². The molecule has 0 atom stereocenters. The van der Waals surface area contributed by atoms with Crippen LogP contribution in [0.2, 0.25) is 0 Å². The van der Waals surface area contributed by atoms with Gasteiger partial charge in [0.1, 0.15) is 5.56 Å². The first-order valence-electron chi connectivity index (χ1n) is 8.00. The minimum absolute atomic E-state index is 0.280. The number of aromatic nitrogens is 2. The Bertz CT molecular complexity index is 905. The van der Waals surface area contributed by atoms with Crippen LogP contribution >= 0.6 is 11.3 Å². The van der Waals surface area contributed by atoms with E-state index >= 15 is 0 Å². The molecule has 0 bridgehead atoms. The average molecular weight is 353 g/mol. The number of benzene rings is 1. The van der Waals surface area contributed by atoms with Gasteiger partial charge in [0.15, 0.2) is 5.13 Å². The summed E-state index contributed by atoms with van der Waals surface area (Å²) in [7, 11) is 0. The molecule has 0 aliphatic carbocycles. The quantitative estimate of drug-likeness (QED) is 0.735. The van der Waals surface area contributed by atoms with Crippen molar-refractivity contribution in [2.75, 3.05) is 11.9 Å². The molecule has 0 unspecified atom stereocenters. The number of hydrogen-bond acceptors (Lipinski definition) is 5. The van der Waals surface area contributed by atoms with E-state index in [-0.39, 0.29) is 5.91 Å². The van der Waals surface area contributed by atoms with Crippen LogP contribution in [-0.4, -0.2) is 22.5 Å². The number of carbonyl (C=O) groups excluding carboxylic acids is 1. The first-order valence-corrected chi connectivity index (χ1v) is 8.88. The molecular weight excluding hydrogens is 334 g/mol. The van der Waals surface area contributed by atoms with Gasteiger partial charge in [-0.25, -0.2) is 9.97 Å². The molecule has 0 aliphatic heterocycles. The molecule has 0 saturated heterocycles. The second-order valence-electron chi connectivity index (χ2n) is 5.58. The number of carbonyl (C=O) groups is 1. The molecule has 0 radical (unpaired) electrons. The Kier molecular flexibility index (Phi) is 5.09. The summed E-state index contributed by atoms with van der Waals surface area (Å²) in [6.07, 6.45) is 1.60. The van der Waals surface area contributed by atoms with Gasteiger partial charge in [-0.3, -0.25) is 10.1 Å². The summed E-state index contributed by atoms with van der Waals surface area (Å²) in [4.78, 5) is 21.1. The van der Waals surface area contributed by atoms with Crippen molar-refractivity contribution >= 4 is 22.4 Å². The number of thiazole rings is 1. The third-order valence-electron chi connectivity index (χ3n) is 3.82. The number of nitrogens with zero attached hydrogens (tertiary/aromatic N) is 2. The maximum Gasteiger partial charge on any atom is 0.262 e. The lowest BCUT2D eigenvalue weighted by Gasteiger charge is -2.07. The van der Waals surface area contributed by atoms with Gasteiger partial charge < -0.3 is 4.74 Å². The van der Waals surface area contributed by atoms with Crippen LogP contribution in [0.4, 0.5) is 5.13 Å². The van der Waals surface area contributed by atoms with E-state index in [1.54, 1.807) is 18.3 Å². The molecular formula is C19H19N3O2S. The average Bonchev–Trinajstić information content (AvgIpc) is 3.06. The molecule has 1 aromatic carbocycles. The zero-order chi connectivity index (χ0) is 17.8. The van der Waals surface area contributed by atoms with Crippen molar-refractivity contribution in [2.45, 2.75) is 20.8 Å². The van der Waals surface area contributed by atoms with Crippen LogP contribution in [0.1, 0.15) is 28.4 Å². The van der Waals surface area contributed by atoms with E-state index < -0.39 is 0 Å². The van der Waals surface area contributed by atoms with Crippen LogP contribution in [0.25, 0.3) is 11.3 Å². The molecule has 0 spiro atoms. The summed E-state index contributed by atoms with van der Waals surface area (Å²) in [5.74, 6) is 0.0472. The van der Waals surface area contributed by atoms with Gasteiger partial charge in [-0.05, 0) is 50.1 Å². The predicted octanol–water partition coefficient (Wildman–Crippen LogP) is 4.47. The van der Waals surface area contributed by atoms with Gasteiger partial charge >= 0.3 is 0 Å². The standard InChI is InChI=1S/C19H19N3O2S/c1-4-24-18-15(6-5-9-20-18)17(23)22-19-21-16(11-25-19)14-8-7-12(2)13(3)10-14/h5-11H,4H2,1-3H3,(H,21,22,23). The van der Waals surface area contributed by atoms with Crippen molar-refractivity contribution < 1.29 is 9.53 Å². The van der Waals surface area contributed by atoms with E-state index in [1.807, 2.05) is 18.4 Å². The van der Waals surface area contributed by atoms with Crippen LogP contribution < -0.4 is 10.1 Å². The Morgan fingerprint density at radius 3 is 2.84 bits per heavy atom. The third-order valence-corrected chi connectivity index (χ3v) is 4.58. The van der Waals surface area contributed by atoms with Crippen LogP contribution in [0, 0.1) is 13.8 Å². The second kappa shape index (κ2) is 7.44. The van der Waals surface area contributed by atoms with Crippen molar-refractivity contribution in [3.8, 4) is 17.1 Å². The monoisotopic (exact) mass is 353 g/mol. The lowest BCUT2D eigenvalue weighted by molar-refractivity contribution is 0.102. The fourth-order valence-electron chi connectivity index (χ4n) is 2.34. The fraction of sp³-hybridized carbons (Fsp3) is 0.211. The van der Waals surface area contributed by atoms with Gasteiger partial charge in [0.25, 0.3) is 5.91 Å². The minimum Gasteiger partial charge on any atom is -0.477 e. The molecule has 3 aromatic rings. The number of pyridine rings is 1. The van der Waals surface area contributed by atoms with Crippen molar-refractivity contribution in [1.82, 2.24) is 9.97 Å². The second-order valence-corrected chi connectivity index (χ2v) is 6.44. The van der Waals surface area contributed by atoms with E-state index in [2.05, 4.69) is 41.3 Å². The highest BCUT2D eigenvalue weighted by atomic mass is 32.1. The van der Waals surface area contributed by atoms with E-state index in [0.29, 0.717) is 23.2 Å². The third kappa shape index (κ3) is 3.85. The molecule has 6 heteroatoms. The zero-order valence-electron chi connectivity index (χ0n) is 14.4. The molecule has 2 heterocycles. The van der Waals surface area contributed by atoms with E-state index in [1.165, 1.54) is 22.5 Å². The molecule has 1 N–H and O–H groups in total. The molecule has 2 aromatic heterocycles. The van der Waals surface area contributed by atoms with Crippen LogP contribution in [-0.2, 0) is 0 Å². The van der Waals surface area contributed by atoms with E-state index in [4.69, 9.17) is 4.74 Å². The van der Waals surface area contributed by atoms with Gasteiger partial charge in [0.05, 0.1) is 12.3 Å². The number of nitrogens with one attached hydrogen (secondary N) is 1. The minimum atomic E-state index is -0.280. The summed E-state index contributed by atoms with van der Waals surface area (Å²) >= 11 is 1.39. The maximum atomic E-state index is 12.5. The summed E-state index contributed by atoms with van der Waals surface area (Å²) in [6, 6.07) is 9.61. The molecule has 0 saturated carbocycles. The Morgan fingerprint density at radius 2 is 2.08 bits per heavy atom. The molecule has 0 fully saturated rings. The lowest BCUT2D eigenvalue weighted by Crippen LogP contribution is -2.14. The number of amides is 1. The van der Waals surface area contributed by atoms with Crippen molar-refractivity contribution in [1.29, 1.82) is 0 Å². The number of rotatable bonds is 5. The molecule has 3 rings (SSSR count).